The van der Waals surface area contributed by atoms with Crippen LogP contribution in [0.2, 0.25) is 0 Å². The average Bonchev–Trinajstić information content (AvgIpc) is 4.04. The molecule has 7 aromatic carbocycles. The highest BCUT2D eigenvalue weighted by Crippen LogP contribution is 2.51. The molecule has 0 spiro atoms. The largest absolute Gasteiger partial charge is 0.311 e. The molecule has 0 aliphatic carbocycles. The van der Waals surface area contributed by atoms with Crippen LogP contribution in [0.3, 0.4) is 0 Å². The summed E-state index contributed by atoms with van der Waals surface area (Å²) in [7, 11) is 0. The van der Waals surface area contributed by atoms with E-state index < -0.39 is 0 Å². The summed E-state index contributed by atoms with van der Waals surface area (Å²) in [5.41, 5.74) is 19.7. The molecule has 6 heteroatoms. The first-order valence-electron chi connectivity index (χ1n) is 23.8. The summed E-state index contributed by atoms with van der Waals surface area (Å²) in [4.78, 5) is 7.89. The number of thiophene rings is 3. The fraction of sp³-hybridized carbons (Fsp3) is 0.213. The van der Waals surface area contributed by atoms with Crippen LogP contribution in [0.1, 0.15) is 89.1 Å². The first-order chi connectivity index (χ1) is 32.1. The van der Waals surface area contributed by atoms with Gasteiger partial charge in [0.2, 0.25) is 0 Å². The van der Waals surface area contributed by atoms with Gasteiger partial charge in [-0.3, -0.25) is 0 Å². The van der Waals surface area contributed by atoms with Gasteiger partial charge in [0, 0.05) is 46.6 Å². The molecule has 2 aliphatic rings. The molecule has 5 heterocycles. The van der Waals surface area contributed by atoms with Gasteiger partial charge in [0.1, 0.15) is 0 Å². The fourth-order valence-electron chi connectivity index (χ4n) is 10.8. The van der Waals surface area contributed by atoms with Crippen molar-refractivity contribution in [1.82, 2.24) is 0 Å². The summed E-state index contributed by atoms with van der Waals surface area (Å²) >= 11 is 5.73. The highest BCUT2D eigenvalue weighted by molar-refractivity contribution is 7.27. The van der Waals surface area contributed by atoms with Gasteiger partial charge in [0.25, 0.3) is 6.71 Å². The van der Waals surface area contributed by atoms with Crippen molar-refractivity contribution in [2.75, 3.05) is 9.80 Å². The Balaban J connectivity index is 1.17. The quantitative estimate of drug-likeness (QED) is 0.159. The van der Waals surface area contributed by atoms with Crippen molar-refractivity contribution in [3.63, 3.8) is 0 Å². The van der Waals surface area contributed by atoms with Crippen LogP contribution in [-0.4, -0.2) is 6.71 Å². The molecule has 2 nitrogen and oxygen atoms in total. The number of hydrogen-bond donors (Lipinski definition) is 0. The summed E-state index contributed by atoms with van der Waals surface area (Å²) in [6, 6.07) is 56.3. The van der Waals surface area contributed by atoms with E-state index in [2.05, 4.69) is 225 Å². The molecule has 0 atom stereocenters. The summed E-state index contributed by atoms with van der Waals surface area (Å²) in [5, 5.41) is 5.30. The first-order valence-corrected chi connectivity index (χ1v) is 26.2. The number of anilines is 6. The van der Waals surface area contributed by atoms with Crippen LogP contribution in [0, 0.1) is 13.8 Å². The Hall–Kier alpha value is -5.92. The number of aryl methyl sites for hydroxylation is 2. The molecule has 0 radical (unpaired) electrons. The van der Waals surface area contributed by atoms with Crippen LogP contribution in [0.25, 0.3) is 51.1 Å². The van der Waals surface area contributed by atoms with Gasteiger partial charge in [0.15, 0.2) is 0 Å². The number of benzene rings is 7. The molecule has 67 heavy (non-hydrogen) atoms. The normalized spacial score (nSPS) is 13.6. The minimum atomic E-state index is 0.000178. The fourth-order valence-corrected chi connectivity index (χ4v) is 14.1. The smallest absolute Gasteiger partial charge is 0.254 e. The molecule has 3 aromatic heterocycles. The van der Waals surface area contributed by atoms with Gasteiger partial charge < -0.3 is 9.80 Å². The Morgan fingerprint density at radius 2 is 1.07 bits per heavy atom. The Morgan fingerprint density at radius 1 is 0.493 bits per heavy atom. The Kier molecular flexibility index (Phi) is 9.69. The summed E-state index contributed by atoms with van der Waals surface area (Å²) in [6.07, 6.45) is 0. The minimum Gasteiger partial charge on any atom is -0.311 e. The first kappa shape index (κ1) is 42.4. The third-order valence-corrected chi connectivity index (χ3v) is 17.9. The zero-order valence-electron chi connectivity index (χ0n) is 40.1. The third kappa shape index (κ3) is 6.85. The van der Waals surface area contributed by atoms with E-state index in [4.69, 9.17) is 0 Å². The number of fused-ring (bicyclic) bond motifs is 8. The second-order valence-electron chi connectivity index (χ2n) is 21.3. The monoisotopic (exact) mass is 922 g/mol. The van der Waals surface area contributed by atoms with E-state index in [1.165, 1.54) is 129 Å². The number of hydrogen-bond acceptors (Lipinski definition) is 5. The topological polar surface area (TPSA) is 6.48 Å². The van der Waals surface area contributed by atoms with E-state index in [1.807, 2.05) is 34.0 Å². The van der Waals surface area contributed by atoms with E-state index in [0.717, 1.165) is 0 Å². The van der Waals surface area contributed by atoms with Crippen molar-refractivity contribution in [2.24, 2.45) is 0 Å². The maximum atomic E-state index is 2.69. The molecule has 12 rings (SSSR count). The molecule has 0 saturated carbocycles. The molecular weight excluding hydrogens is 868 g/mol. The van der Waals surface area contributed by atoms with Crippen LogP contribution in [0.4, 0.5) is 33.4 Å². The lowest BCUT2D eigenvalue weighted by atomic mass is 9.33. The minimum absolute atomic E-state index is 0.000178. The maximum Gasteiger partial charge on any atom is 0.254 e. The second-order valence-corrected chi connectivity index (χ2v) is 24.5. The van der Waals surface area contributed by atoms with Crippen molar-refractivity contribution in [2.45, 2.75) is 86.0 Å². The highest BCUT2D eigenvalue weighted by Gasteiger charge is 2.46. The van der Waals surface area contributed by atoms with Gasteiger partial charge >= 0.3 is 0 Å². The van der Waals surface area contributed by atoms with E-state index in [-0.39, 0.29) is 17.5 Å². The van der Waals surface area contributed by atoms with Gasteiger partial charge in [-0.1, -0.05) is 140 Å². The second kappa shape index (κ2) is 15.3. The SMILES string of the molecule is Cc1cc(C(C)(C)C)cc(C)c1N1c2cc(C(C)C)cc3c2B(c2cc(-c4cc5ccccc5s4)ccc2N3c2ccc(-c3cc4ccccc4s3)cc2)c2c1sc1ccc(C(C)(C)C)cc21. The lowest BCUT2D eigenvalue weighted by molar-refractivity contribution is 0.589. The Labute approximate surface area is 408 Å². The summed E-state index contributed by atoms with van der Waals surface area (Å²) in [5.74, 6) is 0.319. The molecule has 10 aromatic rings. The molecule has 0 unspecified atom stereocenters. The van der Waals surface area contributed by atoms with Gasteiger partial charge in [-0.2, -0.15) is 0 Å². The van der Waals surface area contributed by atoms with Gasteiger partial charge in [-0.05, 0) is 163 Å². The van der Waals surface area contributed by atoms with E-state index in [0.29, 0.717) is 5.92 Å². The lowest BCUT2D eigenvalue weighted by Gasteiger charge is -2.44. The van der Waals surface area contributed by atoms with Crippen molar-refractivity contribution in [1.29, 1.82) is 0 Å². The van der Waals surface area contributed by atoms with Crippen molar-refractivity contribution >= 4 is 121 Å². The Bertz CT molecular complexity index is 3540. The van der Waals surface area contributed by atoms with Gasteiger partial charge in [-0.25, -0.2) is 0 Å². The number of rotatable bonds is 5. The predicted octanol–water partition coefficient (Wildman–Crippen LogP) is 17.1. The predicted molar refractivity (Wildman–Crippen MR) is 298 cm³/mol. The molecule has 0 bridgehead atoms. The van der Waals surface area contributed by atoms with Crippen molar-refractivity contribution in [3.05, 3.63) is 173 Å². The standard InChI is InChI=1S/C61H55BN2S3/c1-35(2)42-30-49-57-50(31-42)64(58-36(3)27-44(28-37(58)4)61(8,9)10)59-56(46-34-43(60(5,6)7)22-26-53(46)67-59)62(57)47-29-41(55-33-40-16-12-14-18-52(40)66-55)21-25-48(47)63(49)45-23-19-38(20-24-45)54-32-39-15-11-13-17-51(39)65-54/h11-35H,1-10H3. The average molecular weight is 923 g/mol. The van der Waals surface area contributed by atoms with Crippen LogP contribution in [0.15, 0.2) is 146 Å². The van der Waals surface area contributed by atoms with Gasteiger partial charge in [-0.15, -0.1) is 34.0 Å². The Morgan fingerprint density at radius 3 is 1.67 bits per heavy atom. The highest BCUT2D eigenvalue weighted by atomic mass is 32.1. The zero-order chi connectivity index (χ0) is 46.3. The molecule has 0 saturated heterocycles. The van der Waals surface area contributed by atoms with Crippen LogP contribution < -0.4 is 26.2 Å². The van der Waals surface area contributed by atoms with Crippen LogP contribution >= 0.6 is 34.0 Å². The molecule has 0 N–H and O–H groups in total. The third-order valence-electron chi connectivity index (χ3n) is 14.4. The molecule has 0 amide bonds. The van der Waals surface area contributed by atoms with Crippen LogP contribution in [-0.2, 0) is 10.8 Å². The molecular formula is C61H55BN2S3. The molecule has 0 fully saturated rings. The van der Waals surface area contributed by atoms with Crippen molar-refractivity contribution in [3.8, 4) is 20.9 Å². The summed E-state index contributed by atoms with van der Waals surface area (Å²) in [6.45, 7) is 23.4. The van der Waals surface area contributed by atoms with E-state index >= 15 is 0 Å². The lowest BCUT2D eigenvalue weighted by Crippen LogP contribution is -2.61. The zero-order valence-corrected chi connectivity index (χ0v) is 42.6. The maximum absolute atomic E-state index is 2.69. The number of nitrogens with zero attached hydrogens (tertiary/aromatic N) is 2. The van der Waals surface area contributed by atoms with Crippen molar-refractivity contribution < 1.29 is 0 Å². The molecule has 2 aliphatic heterocycles. The van der Waals surface area contributed by atoms with E-state index in [9.17, 15) is 0 Å². The van der Waals surface area contributed by atoms with Crippen LogP contribution in [0.5, 0.6) is 0 Å². The molecule has 330 valence electrons. The summed E-state index contributed by atoms with van der Waals surface area (Å²) < 4.78 is 3.98. The van der Waals surface area contributed by atoms with E-state index in [1.54, 1.807) is 0 Å². The van der Waals surface area contributed by atoms with Gasteiger partial charge in [0.05, 0.1) is 10.7 Å².